The molecule has 0 bridgehead atoms. The molecule has 31 heavy (non-hydrogen) atoms. The zero-order valence-electron chi connectivity index (χ0n) is 16.8. The molecule has 4 rings (SSSR count). The third-order valence-corrected chi connectivity index (χ3v) is 6.04. The van der Waals surface area contributed by atoms with Gasteiger partial charge in [-0.25, -0.2) is 4.98 Å². The molecule has 0 unspecified atom stereocenters. The van der Waals surface area contributed by atoms with Gasteiger partial charge in [-0.3, -0.25) is 14.2 Å². The van der Waals surface area contributed by atoms with Crippen molar-refractivity contribution in [3.63, 3.8) is 0 Å². The molecule has 0 radical (unpaired) electrons. The highest BCUT2D eigenvalue weighted by atomic mass is 35.5. The summed E-state index contributed by atoms with van der Waals surface area (Å²) in [6, 6.07) is 12.2. The molecule has 7 nitrogen and oxygen atoms in total. The zero-order chi connectivity index (χ0) is 22.1. The summed E-state index contributed by atoms with van der Waals surface area (Å²) in [7, 11) is 1.60. The Kier molecular flexibility index (Phi) is 5.89. The van der Waals surface area contributed by atoms with Crippen LogP contribution in [0.3, 0.4) is 0 Å². The molecular weight excluding hydrogens is 439 g/mol. The third kappa shape index (κ3) is 4.24. The minimum atomic E-state index is -0.202. The highest BCUT2D eigenvalue weighted by molar-refractivity contribution is 6.42. The van der Waals surface area contributed by atoms with E-state index < -0.39 is 0 Å². The number of ether oxygens (including phenoxy) is 1. The molecule has 3 aromatic rings. The fourth-order valence-electron chi connectivity index (χ4n) is 3.60. The largest absolute Gasteiger partial charge is 0.497 e. The van der Waals surface area contributed by atoms with E-state index in [4.69, 9.17) is 33.7 Å². The Balaban J connectivity index is 1.58. The topological polar surface area (TPSA) is 90.4 Å². The van der Waals surface area contributed by atoms with Crippen molar-refractivity contribution in [2.75, 3.05) is 19.4 Å². The van der Waals surface area contributed by atoms with Crippen LogP contribution in [0.1, 0.15) is 27.2 Å². The predicted octanol–water partition coefficient (Wildman–Crippen LogP) is 3.39. The lowest BCUT2D eigenvalue weighted by Crippen LogP contribution is -2.41. The number of rotatable bonds is 4. The number of methoxy groups -OCH3 is 1. The van der Waals surface area contributed by atoms with E-state index in [1.807, 2.05) is 24.3 Å². The van der Waals surface area contributed by atoms with Crippen LogP contribution in [0.2, 0.25) is 10.0 Å². The number of carbonyl (C=O) groups is 1. The SMILES string of the molecule is COc1ccc(Cn2c(N)nc3c(c2=O)CCN(C(=O)c2ccc(Cl)c(Cl)c2)C3)cc1. The summed E-state index contributed by atoms with van der Waals surface area (Å²) in [6.07, 6.45) is 0.400. The smallest absolute Gasteiger partial charge is 0.258 e. The average molecular weight is 459 g/mol. The van der Waals surface area contributed by atoms with Crippen LogP contribution >= 0.6 is 23.2 Å². The summed E-state index contributed by atoms with van der Waals surface area (Å²) in [5, 5.41) is 0.697. The molecular formula is C22H20Cl2N4O3. The van der Waals surface area contributed by atoms with E-state index in [1.54, 1.807) is 24.1 Å². The van der Waals surface area contributed by atoms with E-state index in [9.17, 15) is 9.59 Å². The predicted molar refractivity (Wildman–Crippen MR) is 120 cm³/mol. The first-order valence-corrected chi connectivity index (χ1v) is 10.4. The summed E-state index contributed by atoms with van der Waals surface area (Å²) in [6.45, 7) is 0.910. The van der Waals surface area contributed by atoms with Crippen LogP contribution in [0.5, 0.6) is 5.75 Å². The monoisotopic (exact) mass is 458 g/mol. The van der Waals surface area contributed by atoms with E-state index in [-0.39, 0.29) is 24.0 Å². The van der Waals surface area contributed by atoms with Gasteiger partial charge in [-0.2, -0.15) is 0 Å². The van der Waals surface area contributed by atoms with Crippen molar-refractivity contribution in [3.05, 3.63) is 85.2 Å². The number of nitrogens with zero attached hydrogens (tertiary/aromatic N) is 3. The van der Waals surface area contributed by atoms with Crippen molar-refractivity contribution < 1.29 is 9.53 Å². The van der Waals surface area contributed by atoms with Crippen molar-refractivity contribution in [1.29, 1.82) is 0 Å². The van der Waals surface area contributed by atoms with E-state index in [2.05, 4.69) is 4.98 Å². The normalized spacial score (nSPS) is 13.1. The van der Waals surface area contributed by atoms with Crippen molar-refractivity contribution in [2.45, 2.75) is 19.5 Å². The van der Waals surface area contributed by atoms with Crippen LogP contribution in [0.15, 0.2) is 47.3 Å². The maximum absolute atomic E-state index is 13.1. The minimum absolute atomic E-state index is 0.114. The van der Waals surface area contributed by atoms with Gasteiger partial charge < -0.3 is 15.4 Å². The lowest BCUT2D eigenvalue weighted by Gasteiger charge is -2.28. The molecule has 1 aliphatic rings. The molecule has 0 aliphatic carbocycles. The first-order valence-electron chi connectivity index (χ1n) is 9.62. The molecule has 1 amide bonds. The van der Waals surface area contributed by atoms with Gasteiger partial charge in [0.15, 0.2) is 0 Å². The fraction of sp³-hybridized carbons (Fsp3) is 0.227. The quantitative estimate of drug-likeness (QED) is 0.646. The van der Waals surface area contributed by atoms with Crippen LogP contribution in [-0.2, 0) is 19.5 Å². The van der Waals surface area contributed by atoms with Gasteiger partial charge in [0.2, 0.25) is 5.95 Å². The summed E-state index contributed by atoms with van der Waals surface area (Å²) in [5.41, 5.74) is 8.37. The van der Waals surface area contributed by atoms with Crippen LogP contribution in [0.25, 0.3) is 0 Å². The first-order chi connectivity index (χ1) is 14.9. The summed E-state index contributed by atoms with van der Waals surface area (Å²) >= 11 is 12.0. The Morgan fingerprint density at radius 3 is 2.58 bits per heavy atom. The van der Waals surface area contributed by atoms with Crippen LogP contribution < -0.4 is 16.0 Å². The Bertz CT molecular complexity index is 1210. The molecule has 0 saturated heterocycles. The van der Waals surface area contributed by atoms with E-state index in [0.29, 0.717) is 46.4 Å². The number of halogens is 2. The van der Waals surface area contributed by atoms with E-state index >= 15 is 0 Å². The van der Waals surface area contributed by atoms with E-state index in [0.717, 1.165) is 11.3 Å². The maximum atomic E-state index is 13.1. The van der Waals surface area contributed by atoms with Gasteiger partial charge in [0.1, 0.15) is 5.75 Å². The van der Waals surface area contributed by atoms with Gasteiger partial charge in [0.25, 0.3) is 11.5 Å². The molecule has 9 heteroatoms. The molecule has 0 fully saturated rings. The van der Waals surface area contributed by atoms with Crippen molar-refractivity contribution in [1.82, 2.24) is 14.5 Å². The number of fused-ring (bicyclic) bond motifs is 1. The number of amides is 1. The van der Waals surface area contributed by atoms with Crippen molar-refractivity contribution in [2.24, 2.45) is 0 Å². The molecule has 0 atom stereocenters. The van der Waals surface area contributed by atoms with Gasteiger partial charge in [-0.05, 0) is 42.3 Å². The highest BCUT2D eigenvalue weighted by Crippen LogP contribution is 2.25. The number of anilines is 1. The van der Waals surface area contributed by atoms with Gasteiger partial charge >= 0.3 is 0 Å². The first kappa shape index (κ1) is 21.2. The molecule has 0 spiro atoms. The van der Waals surface area contributed by atoms with Gasteiger partial charge in [-0.1, -0.05) is 35.3 Å². The van der Waals surface area contributed by atoms with Gasteiger partial charge in [-0.15, -0.1) is 0 Å². The second kappa shape index (κ2) is 8.61. The maximum Gasteiger partial charge on any atom is 0.258 e. The number of aromatic nitrogens is 2. The van der Waals surface area contributed by atoms with E-state index in [1.165, 1.54) is 10.6 Å². The number of benzene rings is 2. The molecule has 2 N–H and O–H groups in total. The lowest BCUT2D eigenvalue weighted by atomic mass is 10.0. The van der Waals surface area contributed by atoms with Crippen LogP contribution in [-0.4, -0.2) is 34.0 Å². The summed E-state index contributed by atoms with van der Waals surface area (Å²) < 4.78 is 6.62. The second-order valence-electron chi connectivity index (χ2n) is 7.24. The lowest BCUT2D eigenvalue weighted by molar-refractivity contribution is 0.0731. The summed E-state index contributed by atoms with van der Waals surface area (Å²) in [5.74, 6) is 0.648. The van der Waals surface area contributed by atoms with Crippen molar-refractivity contribution in [3.8, 4) is 5.75 Å². The Morgan fingerprint density at radius 1 is 1.16 bits per heavy atom. The number of hydrogen-bond acceptors (Lipinski definition) is 5. The average Bonchev–Trinajstić information content (AvgIpc) is 2.78. The highest BCUT2D eigenvalue weighted by Gasteiger charge is 2.26. The van der Waals surface area contributed by atoms with Crippen LogP contribution in [0.4, 0.5) is 5.95 Å². The standard InChI is InChI=1S/C22H20Cl2N4O3/c1-31-15-5-2-13(3-6-15)11-28-21(30)16-8-9-27(12-19(16)26-22(28)25)20(29)14-4-7-17(23)18(24)10-14/h2-7,10H,8-9,11-12H2,1H3,(H2,25,26). The third-order valence-electron chi connectivity index (χ3n) is 5.30. The molecule has 0 saturated carbocycles. The molecule has 160 valence electrons. The fourth-order valence-corrected chi connectivity index (χ4v) is 3.89. The van der Waals surface area contributed by atoms with Crippen LogP contribution in [0, 0.1) is 0 Å². The Labute approximate surface area is 189 Å². The molecule has 1 aromatic heterocycles. The number of nitrogens with two attached hydrogens (primary N) is 1. The number of hydrogen-bond donors (Lipinski definition) is 1. The molecule has 1 aliphatic heterocycles. The number of nitrogen functional groups attached to an aromatic ring is 1. The number of carbonyl (C=O) groups excluding carboxylic acids is 1. The minimum Gasteiger partial charge on any atom is -0.497 e. The second-order valence-corrected chi connectivity index (χ2v) is 8.05. The van der Waals surface area contributed by atoms with Gasteiger partial charge in [0.05, 0.1) is 35.9 Å². The Morgan fingerprint density at radius 2 is 1.90 bits per heavy atom. The zero-order valence-corrected chi connectivity index (χ0v) is 18.3. The molecule has 2 heterocycles. The van der Waals surface area contributed by atoms with Gasteiger partial charge in [0, 0.05) is 17.7 Å². The molecule has 2 aromatic carbocycles. The summed E-state index contributed by atoms with van der Waals surface area (Å²) in [4.78, 5) is 32.0. The Hall–Kier alpha value is -3.03. The van der Waals surface area contributed by atoms with Crippen molar-refractivity contribution >= 4 is 35.1 Å².